The molecule has 3 atom stereocenters. The van der Waals surface area contributed by atoms with E-state index in [1.54, 1.807) is 0 Å². The highest BCUT2D eigenvalue weighted by Crippen LogP contribution is 2.33. The number of amides is 1. The maximum absolute atomic E-state index is 12.4. The molecule has 1 aliphatic heterocycles. The predicted octanol–water partition coefficient (Wildman–Crippen LogP) is 3.26. The maximum atomic E-state index is 12.4. The van der Waals surface area contributed by atoms with Gasteiger partial charge in [-0.05, 0) is 50.2 Å². The topological polar surface area (TPSA) is 41.1 Å². The number of carbonyl (C=O) groups excluding carboxylic acids is 1. The second-order valence-corrected chi connectivity index (χ2v) is 6.75. The van der Waals surface area contributed by atoms with Gasteiger partial charge in [-0.3, -0.25) is 4.79 Å². The van der Waals surface area contributed by atoms with Crippen molar-refractivity contribution in [3.05, 3.63) is 34.9 Å². The lowest BCUT2D eigenvalue weighted by Gasteiger charge is -2.24. The Morgan fingerprint density at radius 3 is 2.77 bits per heavy atom. The van der Waals surface area contributed by atoms with Crippen molar-refractivity contribution in [2.24, 2.45) is 5.92 Å². The summed E-state index contributed by atoms with van der Waals surface area (Å²) in [5.74, 6) is 0.889. The van der Waals surface area contributed by atoms with Gasteiger partial charge in [-0.2, -0.15) is 0 Å². The fourth-order valence-electron chi connectivity index (χ4n) is 3.87. The third kappa shape index (κ3) is 3.82. The first-order chi connectivity index (χ1) is 10.1. The Kier molecular flexibility index (Phi) is 5.87. The molecule has 1 saturated carbocycles. The summed E-state index contributed by atoms with van der Waals surface area (Å²) in [6.07, 6.45) is 6.19. The molecule has 3 unspecified atom stereocenters. The van der Waals surface area contributed by atoms with E-state index in [1.165, 1.54) is 42.4 Å². The van der Waals surface area contributed by atoms with Crippen LogP contribution in [0.15, 0.2) is 18.2 Å². The second-order valence-electron chi connectivity index (χ2n) is 6.75. The van der Waals surface area contributed by atoms with E-state index in [1.807, 2.05) is 0 Å². The first-order valence-corrected chi connectivity index (χ1v) is 8.23. The number of benzene rings is 1. The van der Waals surface area contributed by atoms with Crippen molar-refractivity contribution in [3.8, 4) is 0 Å². The molecule has 1 aliphatic carbocycles. The summed E-state index contributed by atoms with van der Waals surface area (Å²) in [5.41, 5.74) is 3.73. The number of hydrogen-bond donors (Lipinski definition) is 2. The zero-order valence-corrected chi connectivity index (χ0v) is 14.3. The Morgan fingerprint density at radius 2 is 2.05 bits per heavy atom. The van der Waals surface area contributed by atoms with Crippen LogP contribution < -0.4 is 10.6 Å². The van der Waals surface area contributed by atoms with Crippen LogP contribution in [-0.4, -0.2) is 18.0 Å². The summed E-state index contributed by atoms with van der Waals surface area (Å²) in [5, 5.41) is 6.65. The zero-order valence-electron chi connectivity index (χ0n) is 13.5. The maximum Gasteiger partial charge on any atom is 0.237 e. The molecular weight excluding hydrogens is 296 g/mol. The van der Waals surface area contributed by atoms with Gasteiger partial charge in [0.15, 0.2) is 0 Å². The van der Waals surface area contributed by atoms with Crippen LogP contribution in [0.4, 0.5) is 0 Å². The monoisotopic (exact) mass is 322 g/mol. The molecule has 2 N–H and O–H groups in total. The van der Waals surface area contributed by atoms with Crippen LogP contribution in [0.5, 0.6) is 0 Å². The number of fused-ring (bicyclic) bond motifs is 1. The predicted molar refractivity (Wildman–Crippen MR) is 92.3 cm³/mol. The molecule has 4 heteroatoms. The van der Waals surface area contributed by atoms with Crippen molar-refractivity contribution in [2.75, 3.05) is 0 Å². The van der Waals surface area contributed by atoms with Crippen LogP contribution in [0.3, 0.4) is 0 Å². The first kappa shape index (κ1) is 17.3. The van der Waals surface area contributed by atoms with Crippen LogP contribution in [0.2, 0.25) is 0 Å². The van der Waals surface area contributed by atoms with Gasteiger partial charge in [0.25, 0.3) is 0 Å². The third-order valence-corrected chi connectivity index (χ3v) is 5.13. The molecule has 122 valence electrons. The summed E-state index contributed by atoms with van der Waals surface area (Å²) in [7, 11) is 0. The molecule has 1 saturated heterocycles. The number of hydrogen-bond acceptors (Lipinski definition) is 2. The minimum atomic E-state index is 0. The van der Waals surface area contributed by atoms with E-state index in [-0.39, 0.29) is 24.4 Å². The van der Waals surface area contributed by atoms with Gasteiger partial charge in [-0.1, -0.05) is 36.6 Å². The number of nitrogens with one attached hydrogen (secondary N) is 2. The third-order valence-electron chi connectivity index (χ3n) is 5.13. The minimum Gasteiger partial charge on any atom is -0.351 e. The Labute approximate surface area is 139 Å². The molecule has 1 amide bonds. The Balaban J connectivity index is 0.00000176. The Morgan fingerprint density at radius 1 is 1.27 bits per heavy atom. The van der Waals surface area contributed by atoms with Crippen molar-refractivity contribution in [2.45, 2.75) is 64.6 Å². The van der Waals surface area contributed by atoms with E-state index in [4.69, 9.17) is 0 Å². The second kappa shape index (κ2) is 7.47. The lowest BCUT2D eigenvalue weighted by atomic mass is 9.85. The average Bonchev–Trinajstić information content (AvgIpc) is 2.90. The van der Waals surface area contributed by atoms with Crippen LogP contribution in [0, 0.1) is 19.8 Å². The van der Waals surface area contributed by atoms with Crippen LogP contribution in [-0.2, 0) is 11.3 Å². The number of carbonyl (C=O) groups is 1. The first-order valence-electron chi connectivity index (χ1n) is 8.23. The van der Waals surface area contributed by atoms with E-state index in [0.717, 1.165) is 12.3 Å². The van der Waals surface area contributed by atoms with Crippen molar-refractivity contribution < 1.29 is 4.79 Å². The average molecular weight is 323 g/mol. The molecule has 0 aromatic heterocycles. The van der Waals surface area contributed by atoms with Crippen molar-refractivity contribution in [3.63, 3.8) is 0 Å². The lowest BCUT2D eigenvalue weighted by molar-refractivity contribution is -0.123. The largest absolute Gasteiger partial charge is 0.351 e. The van der Waals surface area contributed by atoms with Gasteiger partial charge in [0.2, 0.25) is 5.91 Å². The van der Waals surface area contributed by atoms with Gasteiger partial charge < -0.3 is 10.6 Å². The fraction of sp³-hybridized carbons (Fsp3) is 0.611. The van der Waals surface area contributed by atoms with Crippen LogP contribution in [0.25, 0.3) is 0 Å². The molecule has 0 radical (unpaired) electrons. The summed E-state index contributed by atoms with van der Waals surface area (Å²) in [6, 6.07) is 6.99. The fourth-order valence-corrected chi connectivity index (χ4v) is 3.87. The molecule has 1 aromatic rings. The smallest absolute Gasteiger partial charge is 0.237 e. The van der Waals surface area contributed by atoms with Gasteiger partial charge in [-0.25, -0.2) is 0 Å². The van der Waals surface area contributed by atoms with Crippen LogP contribution >= 0.6 is 12.4 Å². The number of halogens is 1. The summed E-state index contributed by atoms with van der Waals surface area (Å²) in [6.45, 7) is 4.84. The van der Waals surface area contributed by atoms with E-state index in [9.17, 15) is 4.79 Å². The lowest BCUT2D eigenvalue weighted by Crippen LogP contribution is -2.42. The van der Waals surface area contributed by atoms with Crippen molar-refractivity contribution in [1.29, 1.82) is 0 Å². The normalized spacial score (nSPS) is 26.9. The van der Waals surface area contributed by atoms with E-state index in [2.05, 4.69) is 42.7 Å². The van der Waals surface area contributed by atoms with Crippen LogP contribution in [0.1, 0.15) is 48.8 Å². The molecular formula is C18H27ClN2O. The molecule has 0 spiro atoms. The molecule has 3 nitrogen and oxygen atoms in total. The summed E-state index contributed by atoms with van der Waals surface area (Å²) < 4.78 is 0. The van der Waals surface area contributed by atoms with Gasteiger partial charge in [0.05, 0.1) is 6.04 Å². The summed E-state index contributed by atoms with van der Waals surface area (Å²) >= 11 is 0. The molecule has 22 heavy (non-hydrogen) atoms. The van der Waals surface area contributed by atoms with Gasteiger partial charge >= 0.3 is 0 Å². The van der Waals surface area contributed by atoms with Crippen molar-refractivity contribution >= 4 is 18.3 Å². The van der Waals surface area contributed by atoms with Gasteiger partial charge in [0, 0.05) is 12.6 Å². The van der Waals surface area contributed by atoms with E-state index < -0.39 is 0 Å². The molecule has 1 aromatic carbocycles. The number of aryl methyl sites for hydroxylation is 2. The Bertz CT molecular complexity index is 518. The quantitative estimate of drug-likeness (QED) is 0.896. The van der Waals surface area contributed by atoms with Crippen molar-refractivity contribution in [1.82, 2.24) is 10.6 Å². The standard InChI is InChI=1S/C18H26N2O.ClH/c1-12-7-8-15(13(2)9-12)11-19-18(21)17-10-14-5-3-4-6-16(14)20-17;/h7-9,14,16-17,20H,3-6,10-11H2,1-2H3,(H,19,21);1H. The van der Waals surface area contributed by atoms with E-state index >= 15 is 0 Å². The SMILES string of the molecule is Cc1ccc(CNC(=O)C2CC3CCCCC3N2)c(C)c1.Cl. The zero-order chi connectivity index (χ0) is 14.8. The molecule has 2 fully saturated rings. The highest BCUT2D eigenvalue weighted by molar-refractivity contribution is 5.85. The highest BCUT2D eigenvalue weighted by atomic mass is 35.5. The van der Waals surface area contributed by atoms with Gasteiger partial charge in [-0.15, -0.1) is 12.4 Å². The molecule has 3 rings (SSSR count). The van der Waals surface area contributed by atoms with Gasteiger partial charge in [0.1, 0.15) is 0 Å². The minimum absolute atomic E-state index is 0. The number of rotatable bonds is 3. The molecule has 1 heterocycles. The molecule has 0 bridgehead atoms. The summed E-state index contributed by atoms with van der Waals surface area (Å²) in [4.78, 5) is 12.4. The molecule has 2 aliphatic rings. The highest BCUT2D eigenvalue weighted by Gasteiger charge is 2.37. The van der Waals surface area contributed by atoms with E-state index in [0.29, 0.717) is 12.6 Å². The Hall–Kier alpha value is -1.06.